The fourth-order valence-corrected chi connectivity index (χ4v) is 4.70. The van der Waals surface area contributed by atoms with Gasteiger partial charge in [0.15, 0.2) is 17.3 Å². The van der Waals surface area contributed by atoms with Crippen LogP contribution in [0.5, 0.6) is 11.5 Å². The summed E-state index contributed by atoms with van der Waals surface area (Å²) in [4.78, 5) is 11.7. The van der Waals surface area contributed by atoms with Crippen molar-refractivity contribution in [1.29, 1.82) is 0 Å². The van der Waals surface area contributed by atoms with Crippen molar-refractivity contribution in [2.45, 2.75) is 39.5 Å². The summed E-state index contributed by atoms with van der Waals surface area (Å²) < 4.78 is 5.42. The molecule has 0 aliphatic heterocycles. The number of thiophene rings is 1. The van der Waals surface area contributed by atoms with Gasteiger partial charge in [0.05, 0.1) is 18.2 Å². The van der Waals surface area contributed by atoms with Crippen LogP contribution in [0, 0.1) is 6.92 Å². The van der Waals surface area contributed by atoms with Crippen molar-refractivity contribution in [3.63, 3.8) is 0 Å². The van der Waals surface area contributed by atoms with Crippen LogP contribution in [0.4, 0.5) is 5.82 Å². The van der Waals surface area contributed by atoms with Crippen molar-refractivity contribution < 1.29 is 9.84 Å². The lowest BCUT2D eigenvalue weighted by Gasteiger charge is -2.11. The number of hydrogen-bond donors (Lipinski definition) is 2. The topological polar surface area (TPSA) is 79.6 Å². The molecule has 0 bridgehead atoms. The van der Waals surface area contributed by atoms with Crippen LogP contribution < -0.4 is 10.2 Å². The number of anilines is 1. The number of phenolic OH excluding ortho intramolecular Hbond substituents is 1. The van der Waals surface area contributed by atoms with E-state index in [0.29, 0.717) is 12.4 Å². The molecule has 4 rings (SSSR count). The lowest BCUT2D eigenvalue weighted by atomic mass is 9.97. The number of hydrazone groups is 1. The van der Waals surface area contributed by atoms with Crippen LogP contribution >= 0.6 is 11.3 Å². The molecular weight excluding hydrogens is 360 g/mol. The molecule has 2 N–H and O–H groups in total. The molecular formula is C20H22N4O2S. The minimum Gasteiger partial charge on any atom is -0.504 e. The predicted molar refractivity (Wildman–Crippen MR) is 109 cm³/mol. The van der Waals surface area contributed by atoms with Gasteiger partial charge in [0.25, 0.3) is 0 Å². The number of nitrogens with one attached hydrogen (secondary N) is 1. The zero-order valence-corrected chi connectivity index (χ0v) is 16.3. The molecule has 1 aromatic carbocycles. The van der Waals surface area contributed by atoms with Crippen LogP contribution in [-0.2, 0) is 12.8 Å². The van der Waals surface area contributed by atoms with Crippen LogP contribution in [0.2, 0.25) is 0 Å². The molecule has 140 valence electrons. The first-order valence-corrected chi connectivity index (χ1v) is 10.0. The highest BCUT2D eigenvalue weighted by atomic mass is 32.1. The molecule has 0 unspecified atom stereocenters. The van der Waals surface area contributed by atoms with E-state index in [-0.39, 0.29) is 5.75 Å². The predicted octanol–water partition coefficient (Wildman–Crippen LogP) is 4.43. The first-order valence-electron chi connectivity index (χ1n) is 9.19. The lowest BCUT2D eigenvalue weighted by Crippen LogP contribution is -2.02. The summed E-state index contributed by atoms with van der Waals surface area (Å²) >= 11 is 1.78. The molecule has 3 aromatic rings. The highest BCUT2D eigenvalue weighted by Gasteiger charge is 2.20. The van der Waals surface area contributed by atoms with Crippen molar-refractivity contribution in [3.8, 4) is 11.5 Å². The molecule has 7 heteroatoms. The number of aryl methyl sites for hydroxylation is 3. The Morgan fingerprint density at radius 2 is 2.15 bits per heavy atom. The molecule has 1 aliphatic carbocycles. The number of benzene rings is 1. The average Bonchev–Trinajstić information content (AvgIpc) is 3.02. The van der Waals surface area contributed by atoms with Gasteiger partial charge in [-0.15, -0.1) is 11.3 Å². The Kier molecular flexibility index (Phi) is 4.94. The van der Waals surface area contributed by atoms with Crippen molar-refractivity contribution >= 4 is 33.6 Å². The molecule has 0 saturated carbocycles. The fraction of sp³-hybridized carbons (Fsp3) is 0.350. The first-order chi connectivity index (χ1) is 13.2. The second kappa shape index (κ2) is 7.52. The van der Waals surface area contributed by atoms with E-state index >= 15 is 0 Å². The zero-order chi connectivity index (χ0) is 18.8. The van der Waals surface area contributed by atoms with E-state index in [1.807, 2.05) is 13.8 Å². The molecule has 0 fully saturated rings. The summed E-state index contributed by atoms with van der Waals surface area (Å²) in [5.74, 6) is 2.08. The number of aromatic hydroxyl groups is 1. The van der Waals surface area contributed by atoms with Gasteiger partial charge in [-0.05, 0) is 68.9 Å². The minimum absolute atomic E-state index is 0.125. The van der Waals surface area contributed by atoms with Crippen LogP contribution in [0.15, 0.2) is 23.3 Å². The molecule has 0 amide bonds. The van der Waals surface area contributed by atoms with Crippen LogP contribution in [-0.4, -0.2) is 27.9 Å². The number of rotatable bonds is 5. The van der Waals surface area contributed by atoms with E-state index in [4.69, 9.17) is 4.74 Å². The van der Waals surface area contributed by atoms with Gasteiger partial charge in [-0.2, -0.15) is 5.10 Å². The highest BCUT2D eigenvalue weighted by molar-refractivity contribution is 7.19. The van der Waals surface area contributed by atoms with E-state index < -0.39 is 0 Å². The fourth-order valence-electron chi connectivity index (χ4n) is 3.40. The van der Waals surface area contributed by atoms with Gasteiger partial charge in [0.1, 0.15) is 10.7 Å². The zero-order valence-electron chi connectivity index (χ0n) is 15.5. The summed E-state index contributed by atoms with van der Waals surface area (Å²) in [6, 6.07) is 5.15. The highest BCUT2D eigenvalue weighted by Crippen LogP contribution is 2.38. The Balaban J connectivity index is 1.63. The lowest BCUT2D eigenvalue weighted by molar-refractivity contribution is 0.318. The van der Waals surface area contributed by atoms with Crippen LogP contribution in [0.25, 0.3) is 10.2 Å². The average molecular weight is 382 g/mol. The molecule has 2 aromatic heterocycles. The number of phenols is 1. The Morgan fingerprint density at radius 3 is 3.00 bits per heavy atom. The van der Waals surface area contributed by atoms with Crippen LogP contribution in [0.3, 0.4) is 0 Å². The molecule has 0 atom stereocenters. The van der Waals surface area contributed by atoms with Crippen molar-refractivity contribution in [2.75, 3.05) is 12.0 Å². The molecule has 6 nitrogen and oxygen atoms in total. The Morgan fingerprint density at radius 1 is 1.30 bits per heavy atom. The van der Waals surface area contributed by atoms with Crippen molar-refractivity contribution in [2.24, 2.45) is 5.10 Å². The van der Waals surface area contributed by atoms with E-state index in [2.05, 4.69) is 20.5 Å². The van der Waals surface area contributed by atoms with Gasteiger partial charge in [0, 0.05) is 4.88 Å². The molecule has 0 radical (unpaired) electrons. The summed E-state index contributed by atoms with van der Waals surface area (Å²) in [7, 11) is 0. The summed E-state index contributed by atoms with van der Waals surface area (Å²) in [5, 5.41) is 15.3. The van der Waals surface area contributed by atoms with Gasteiger partial charge in [-0.25, -0.2) is 9.97 Å². The molecule has 2 heterocycles. The standard InChI is InChI=1S/C20H22N4O2S/c1-3-26-16-10-13(8-9-15(16)25)11-21-24-19-18-14-6-4-5-7-17(14)27-20(18)23-12(2)22-19/h8-11,25H,3-7H2,1-2H3,(H,22,23,24). The molecule has 1 aliphatic rings. The molecule has 0 spiro atoms. The van der Waals surface area contributed by atoms with E-state index in [1.165, 1.54) is 23.3 Å². The SMILES string of the molecule is CCOc1cc(C=NNc2nc(C)nc3sc4c(c23)CCCC4)ccc1O. The quantitative estimate of drug-likeness (QED) is 0.504. The monoisotopic (exact) mass is 382 g/mol. The van der Waals surface area contributed by atoms with Gasteiger partial charge in [-0.3, -0.25) is 5.43 Å². The van der Waals surface area contributed by atoms with Gasteiger partial charge < -0.3 is 9.84 Å². The van der Waals surface area contributed by atoms with Crippen molar-refractivity contribution in [3.05, 3.63) is 40.0 Å². The maximum absolute atomic E-state index is 9.81. The van der Waals surface area contributed by atoms with E-state index in [1.54, 1.807) is 35.8 Å². The Bertz CT molecular complexity index is 1010. The smallest absolute Gasteiger partial charge is 0.161 e. The number of nitrogens with zero attached hydrogens (tertiary/aromatic N) is 3. The van der Waals surface area contributed by atoms with Gasteiger partial charge in [0.2, 0.25) is 0 Å². The maximum atomic E-state index is 9.81. The maximum Gasteiger partial charge on any atom is 0.161 e. The third kappa shape index (κ3) is 3.60. The third-order valence-corrected chi connectivity index (χ3v) is 5.78. The third-order valence-electron chi connectivity index (χ3n) is 4.59. The van der Waals surface area contributed by atoms with Crippen molar-refractivity contribution in [1.82, 2.24) is 9.97 Å². The minimum atomic E-state index is 0.125. The van der Waals surface area contributed by atoms with Gasteiger partial charge >= 0.3 is 0 Å². The largest absolute Gasteiger partial charge is 0.504 e. The van der Waals surface area contributed by atoms with E-state index in [0.717, 1.165) is 40.3 Å². The summed E-state index contributed by atoms with van der Waals surface area (Å²) in [5.41, 5.74) is 5.31. The van der Waals surface area contributed by atoms with E-state index in [9.17, 15) is 5.11 Å². The second-order valence-corrected chi connectivity index (χ2v) is 7.62. The normalized spacial score (nSPS) is 13.9. The molecule has 0 saturated heterocycles. The number of hydrogen-bond acceptors (Lipinski definition) is 7. The molecule has 27 heavy (non-hydrogen) atoms. The summed E-state index contributed by atoms with van der Waals surface area (Å²) in [6.45, 7) is 4.28. The number of ether oxygens (including phenoxy) is 1. The first kappa shape index (κ1) is 17.7. The number of aromatic nitrogens is 2. The Hall–Kier alpha value is -2.67. The summed E-state index contributed by atoms with van der Waals surface area (Å²) in [6.07, 6.45) is 6.37. The second-order valence-electron chi connectivity index (χ2n) is 6.54. The van der Waals surface area contributed by atoms with Gasteiger partial charge in [-0.1, -0.05) is 0 Å². The number of fused-ring (bicyclic) bond motifs is 3. The Labute approximate surface area is 161 Å². The van der Waals surface area contributed by atoms with Crippen LogP contribution in [0.1, 0.15) is 41.6 Å².